The summed E-state index contributed by atoms with van der Waals surface area (Å²) in [6.07, 6.45) is 4.05. The largest absolute Gasteiger partial charge is 0.378 e. The smallest absolute Gasteiger partial charge is 0.240 e. The zero-order chi connectivity index (χ0) is 20.0. The molecule has 0 aliphatic carbocycles. The van der Waals surface area contributed by atoms with Crippen LogP contribution in [0.25, 0.3) is 0 Å². The number of hydrogen-bond acceptors (Lipinski definition) is 4. The number of ether oxygens (including phenoxy) is 1. The van der Waals surface area contributed by atoms with E-state index in [4.69, 9.17) is 10.5 Å². The summed E-state index contributed by atoms with van der Waals surface area (Å²) in [5, 5.41) is 0. The number of nitrogens with two attached hydrogens (primary N) is 1. The van der Waals surface area contributed by atoms with E-state index in [-0.39, 0.29) is 23.1 Å². The van der Waals surface area contributed by atoms with Crippen LogP contribution in [0.3, 0.4) is 0 Å². The van der Waals surface area contributed by atoms with Gasteiger partial charge >= 0.3 is 0 Å². The molecule has 2 saturated heterocycles. The van der Waals surface area contributed by atoms with Crippen LogP contribution in [-0.4, -0.2) is 66.4 Å². The molecule has 0 saturated carbocycles. The summed E-state index contributed by atoms with van der Waals surface area (Å²) in [6, 6.07) is -0.486. The number of morpholine rings is 1. The van der Waals surface area contributed by atoms with E-state index in [1.54, 1.807) is 4.90 Å². The minimum Gasteiger partial charge on any atom is -0.378 e. The van der Waals surface area contributed by atoms with E-state index in [1.165, 1.54) is 0 Å². The normalized spacial score (nSPS) is 23.5. The fraction of sp³-hybridized carbons (Fsp3) is 0.850. The molecule has 3 amide bonds. The second-order valence-corrected chi connectivity index (χ2v) is 8.68. The van der Waals surface area contributed by atoms with E-state index >= 15 is 0 Å². The predicted octanol–water partition coefficient (Wildman–Crippen LogP) is 1.54. The predicted molar refractivity (Wildman–Crippen MR) is 103 cm³/mol. The van der Waals surface area contributed by atoms with Crippen LogP contribution in [0.1, 0.15) is 59.3 Å². The summed E-state index contributed by atoms with van der Waals surface area (Å²) in [4.78, 5) is 40.1. The minimum atomic E-state index is -0.486. The Morgan fingerprint density at radius 3 is 2.37 bits per heavy atom. The molecule has 0 spiro atoms. The quantitative estimate of drug-likeness (QED) is 0.690. The number of rotatable bonds is 8. The molecule has 2 N–H and O–H groups in total. The molecule has 0 aromatic heterocycles. The van der Waals surface area contributed by atoms with Crippen molar-refractivity contribution in [2.75, 3.05) is 32.8 Å². The van der Waals surface area contributed by atoms with Gasteiger partial charge in [0.25, 0.3) is 0 Å². The third kappa shape index (κ3) is 6.19. The third-order valence-corrected chi connectivity index (χ3v) is 5.72. The zero-order valence-corrected chi connectivity index (χ0v) is 17.0. The number of hydrogen-bond donors (Lipinski definition) is 1. The van der Waals surface area contributed by atoms with Crippen LogP contribution < -0.4 is 5.73 Å². The SMILES string of the molecule is CCCC(=O)N1CC(CC(C)(C)CCC(=O)N2CCOCC2)CC1C(N)=O. The van der Waals surface area contributed by atoms with E-state index in [0.717, 1.165) is 19.3 Å². The van der Waals surface area contributed by atoms with Crippen molar-refractivity contribution in [2.24, 2.45) is 17.1 Å². The number of carbonyl (C=O) groups is 3. The summed E-state index contributed by atoms with van der Waals surface area (Å²) >= 11 is 0. The van der Waals surface area contributed by atoms with E-state index in [2.05, 4.69) is 13.8 Å². The Kier molecular flexibility index (Phi) is 7.65. The second-order valence-electron chi connectivity index (χ2n) is 8.68. The Morgan fingerprint density at radius 2 is 1.78 bits per heavy atom. The van der Waals surface area contributed by atoms with E-state index in [9.17, 15) is 14.4 Å². The molecule has 2 aliphatic heterocycles. The first-order valence-electron chi connectivity index (χ1n) is 10.2. The molecular weight excluding hydrogens is 346 g/mol. The molecule has 7 heteroatoms. The average molecular weight is 382 g/mol. The van der Waals surface area contributed by atoms with Crippen LogP contribution in [0.4, 0.5) is 0 Å². The van der Waals surface area contributed by atoms with Crippen molar-refractivity contribution in [3.05, 3.63) is 0 Å². The highest BCUT2D eigenvalue weighted by atomic mass is 16.5. The Labute approximate surface area is 162 Å². The number of likely N-dealkylation sites (tertiary alicyclic amines) is 1. The molecule has 2 unspecified atom stereocenters. The van der Waals surface area contributed by atoms with E-state index < -0.39 is 11.9 Å². The fourth-order valence-corrected chi connectivity index (χ4v) is 4.27. The Hall–Kier alpha value is -1.63. The highest BCUT2D eigenvalue weighted by molar-refractivity contribution is 5.87. The summed E-state index contributed by atoms with van der Waals surface area (Å²) in [6.45, 7) is 9.46. The lowest BCUT2D eigenvalue weighted by Crippen LogP contribution is -2.43. The lowest BCUT2D eigenvalue weighted by atomic mass is 9.78. The fourth-order valence-electron chi connectivity index (χ4n) is 4.27. The lowest BCUT2D eigenvalue weighted by molar-refractivity contribution is -0.137. The van der Waals surface area contributed by atoms with Crippen molar-refractivity contribution in [2.45, 2.75) is 65.3 Å². The van der Waals surface area contributed by atoms with Crippen LogP contribution in [0, 0.1) is 11.3 Å². The molecule has 2 atom stereocenters. The molecule has 0 bridgehead atoms. The van der Waals surface area contributed by atoms with Crippen molar-refractivity contribution in [1.82, 2.24) is 9.80 Å². The molecule has 7 nitrogen and oxygen atoms in total. The maximum atomic E-state index is 12.4. The maximum absolute atomic E-state index is 12.4. The van der Waals surface area contributed by atoms with Crippen LogP contribution >= 0.6 is 0 Å². The highest BCUT2D eigenvalue weighted by Crippen LogP contribution is 2.37. The summed E-state index contributed by atoms with van der Waals surface area (Å²) in [5.41, 5.74) is 5.51. The molecule has 0 aromatic rings. The van der Waals surface area contributed by atoms with Gasteiger partial charge in [0.05, 0.1) is 13.2 Å². The highest BCUT2D eigenvalue weighted by Gasteiger charge is 2.40. The summed E-state index contributed by atoms with van der Waals surface area (Å²) in [5.74, 6) is 0.0377. The molecule has 2 fully saturated rings. The monoisotopic (exact) mass is 381 g/mol. The Morgan fingerprint density at radius 1 is 1.11 bits per heavy atom. The van der Waals surface area contributed by atoms with Crippen molar-refractivity contribution in [1.29, 1.82) is 0 Å². The van der Waals surface area contributed by atoms with Gasteiger partial charge in [-0.1, -0.05) is 20.8 Å². The molecular formula is C20H35N3O4. The van der Waals surface area contributed by atoms with Gasteiger partial charge in [-0.05, 0) is 37.0 Å². The van der Waals surface area contributed by atoms with Gasteiger partial charge in [-0.25, -0.2) is 0 Å². The van der Waals surface area contributed by atoms with Crippen molar-refractivity contribution < 1.29 is 19.1 Å². The number of nitrogens with zero attached hydrogens (tertiary/aromatic N) is 2. The molecule has 0 aromatic carbocycles. The molecule has 2 rings (SSSR count). The molecule has 2 aliphatic rings. The third-order valence-electron chi connectivity index (χ3n) is 5.72. The average Bonchev–Trinajstić information content (AvgIpc) is 3.04. The lowest BCUT2D eigenvalue weighted by Gasteiger charge is -2.31. The topological polar surface area (TPSA) is 92.9 Å². The Bertz CT molecular complexity index is 543. The van der Waals surface area contributed by atoms with Gasteiger partial charge in [-0.15, -0.1) is 0 Å². The molecule has 0 radical (unpaired) electrons. The van der Waals surface area contributed by atoms with Crippen molar-refractivity contribution >= 4 is 17.7 Å². The van der Waals surface area contributed by atoms with E-state index in [1.807, 2.05) is 11.8 Å². The molecule has 27 heavy (non-hydrogen) atoms. The minimum absolute atomic E-state index is 0.0177. The van der Waals surface area contributed by atoms with Gasteiger partial charge in [0.2, 0.25) is 17.7 Å². The first-order chi connectivity index (χ1) is 12.7. The van der Waals surface area contributed by atoms with Gasteiger partial charge in [0.1, 0.15) is 6.04 Å². The number of primary amides is 1. The summed E-state index contributed by atoms with van der Waals surface area (Å²) in [7, 11) is 0. The maximum Gasteiger partial charge on any atom is 0.240 e. The molecule has 2 heterocycles. The first kappa shape index (κ1) is 21.7. The first-order valence-corrected chi connectivity index (χ1v) is 10.2. The van der Waals surface area contributed by atoms with Gasteiger partial charge in [-0.3, -0.25) is 14.4 Å². The summed E-state index contributed by atoms with van der Waals surface area (Å²) < 4.78 is 5.30. The van der Waals surface area contributed by atoms with Gasteiger partial charge in [-0.2, -0.15) is 0 Å². The van der Waals surface area contributed by atoms with E-state index in [0.29, 0.717) is 52.1 Å². The Balaban J connectivity index is 1.87. The number of carbonyl (C=O) groups excluding carboxylic acids is 3. The second kappa shape index (κ2) is 9.53. The van der Waals surface area contributed by atoms with Crippen LogP contribution in [0.15, 0.2) is 0 Å². The molecule has 154 valence electrons. The van der Waals surface area contributed by atoms with Crippen molar-refractivity contribution in [3.8, 4) is 0 Å². The van der Waals surface area contributed by atoms with Crippen LogP contribution in [0.5, 0.6) is 0 Å². The van der Waals surface area contributed by atoms with Crippen LogP contribution in [-0.2, 0) is 19.1 Å². The van der Waals surface area contributed by atoms with Crippen molar-refractivity contribution in [3.63, 3.8) is 0 Å². The zero-order valence-electron chi connectivity index (χ0n) is 17.0. The van der Waals surface area contributed by atoms with Gasteiger partial charge in [0, 0.05) is 32.5 Å². The van der Waals surface area contributed by atoms with Gasteiger partial charge in [0.15, 0.2) is 0 Å². The van der Waals surface area contributed by atoms with Gasteiger partial charge < -0.3 is 20.3 Å². The standard InChI is InChI=1S/C20H35N3O4/c1-4-5-18(25)23-14-15(12-16(23)19(21)26)13-20(2,3)7-6-17(24)22-8-10-27-11-9-22/h15-16H,4-14H2,1-3H3,(H2,21,26). The van der Waals surface area contributed by atoms with Crippen LogP contribution in [0.2, 0.25) is 0 Å². The number of amides is 3.